The summed E-state index contributed by atoms with van der Waals surface area (Å²) in [5.74, 6) is 1.12. The molecular weight excluding hydrogens is 482 g/mol. The number of aromatic nitrogens is 3. The quantitative estimate of drug-likeness (QED) is 0.389. The Morgan fingerprint density at radius 3 is 2.59 bits per heavy atom. The predicted octanol–water partition coefficient (Wildman–Crippen LogP) is 5.02. The van der Waals surface area contributed by atoms with E-state index in [1.165, 1.54) is 39.8 Å². The third-order valence-electron chi connectivity index (χ3n) is 7.41. The first-order valence-corrected chi connectivity index (χ1v) is 13.4. The normalized spacial score (nSPS) is 16.3. The summed E-state index contributed by atoms with van der Waals surface area (Å²) in [5, 5.41) is 13.3. The molecule has 0 fully saturated rings. The van der Waals surface area contributed by atoms with E-state index in [1.807, 2.05) is 6.92 Å². The second-order valence-electron chi connectivity index (χ2n) is 9.67. The summed E-state index contributed by atoms with van der Waals surface area (Å²) >= 11 is 1.71. The molecule has 37 heavy (non-hydrogen) atoms. The van der Waals surface area contributed by atoms with Crippen molar-refractivity contribution in [3.63, 3.8) is 0 Å². The van der Waals surface area contributed by atoms with E-state index in [0.29, 0.717) is 5.82 Å². The van der Waals surface area contributed by atoms with Gasteiger partial charge in [-0.2, -0.15) is 0 Å². The lowest BCUT2D eigenvalue weighted by atomic mass is 9.93. The lowest BCUT2D eigenvalue weighted by Crippen LogP contribution is -2.23. The second kappa shape index (κ2) is 9.36. The van der Waals surface area contributed by atoms with Crippen LogP contribution < -0.4 is 5.32 Å². The molecule has 188 valence electrons. The molecule has 4 heterocycles. The molecule has 1 N–H and O–H groups in total. The third-order valence-corrected chi connectivity index (χ3v) is 8.60. The Morgan fingerprint density at radius 1 is 1.05 bits per heavy atom. The molecule has 2 aliphatic heterocycles. The standard InChI is InChI=1S/C29H29N5O2S/c1-16-17(2)37-29-26(16)27(31-24(14-25(35)36-4)28-33-32-18(3)34(28)29)20-7-5-19(6-8-20)21-9-10-23-15-30-12-11-22(23)13-21/h5-10,13,24,30H,11-12,14-15H2,1-4H3/t24-/m0/s1. The van der Waals surface area contributed by atoms with Gasteiger partial charge in [-0.1, -0.05) is 42.5 Å². The summed E-state index contributed by atoms with van der Waals surface area (Å²) < 4.78 is 7.05. The van der Waals surface area contributed by atoms with Crippen LogP contribution in [0.4, 0.5) is 0 Å². The van der Waals surface area contributed by atoms with Gasteiger partial charge in [0.05, 0.1) is 19.2 Å². The van der Waals surface area contributed by atoms with Crippen molar-refractivity contribution in [1.82, 2.24) is 20.1 Å². The minimum atomic E-state index is -0.489. The van der Waals surface area contributed by atoms with Crippen molar-refractivity contribution in [3.05, 3.63) is 86.8 Å². The van der Waals surface area contributed by atoms with Crippen molar-refractivity contribution >= 4 is 23.0 Å². The molecule has 6 rings (SSSR count). The average molecular weight is 512 g/mol. The van der Waals surface area contributed by atoms with E-state index in [4.69, 9.17) is 9.73 Å². The molecule has 0 unspecified atom stereocenters. The van der Waals surface area contributed by atoms with Crippen molar-refractivity contribution in [3.8, 4) is 16.1 Å². The molecule has 1 atom stereocenters. The Hall–Kier alpha value is -3.62. The van der Waals surface area contributed by atoms with Crippen molar-refractivity contribution in [2.24, 2.45) is 4.99 Å². The summed E-state index contributed by atoms with van der Waals surface area (Å²) in [6.07, 6.45) is 1.16. The zero-order chi connectivity index (χ0) is 25.7. The zero-order valence-electron chi connectivity index (χ0n) is 21.5. The minimum absolute atomic E-state index is 0.104. The number of carbonyl (C=O) groups is 1. The Morgan fingerprint density at radius 2 is 1.81 bits per heavy atom. The largest absolute Gasteiger partial charge is 0.469 e. The van der Waals surface area contributed by atoms with Crippen LogP contribution in [-0.2, 0) is 22.5 Å². The van der Waals surface area contributed by atoms with Crippen LogP contribution in [0.3, 0.4) is 0 Å². The number of nitrogens with one attached hydrogen (secondary N) is 1. The lowest BCUT2D eigenvalue weighted by Gasteiger charge is -2.18. The fraction of sp³-hybridized carbons (Fsp3) is 0.310. The number of esters is 1. The SMILES string of the molecule is COC(=O)C[C@@H]1N=C(c2ccc(-c3ccc4c(c3)CCNC4)cc2)c2c(sc(C)c2C)-n2c(C)nnc21. The van der Waals surface area contributed by atoms with Gasteiger partial charge in [0.25, 0.3) is 0 Å². The van der Waals surface area contributed by atoms with Gasteiger partial charge >= 0.3 is 5.97 Å². The van der Waals surface area contributed by atoms with E-state index in [2.05, 4.69) is 76.4 Å². The van der Waals surface area contributed by atoms with Gasteiger partial charge in [0.2, 0.25) is 0 Å². The fourth-order valence-corrected chi connectivity index (χ4v) is 6.46. The molecule has 4 aromatic rings. The minimum Gasteiger partial charge on any atom is -0.469 e. The van der Waals surface area contributed by atoms with Gasteiger partial charge < -0.3 is 10.1 Å². The molecule has 0 aliphatic carbocycles. The van der Waals surface area contributed by atoms with Gasteiger partial charge in [0.15, 0.2) is 5.82 Å². The maximum Gasteiger partial charge on any atom is 0.308 e. The van der Waals surface area contributed by atoms with Crippen LogP contribution in [0, 0.1) is 20.8 Å². The van der Waals surface area contributed by atoms with Crippen LogP contribution in [0.5, 0.6) is 0 Å². The highest BCUT2D eigenvalue weighted by Crippen LogP contribution is 2.39. The Kier molecular flexibility index (Phi) is 6.01. The topological polar surface area (TPSA) is 81.4 Å². The van der Waals surface area contributed by atoms with Gasteiger partial charge in [-0.15, -0.1) is 21.5 Å². The third kappa shape index (κ3) is 4.10. The Bertz CT molecular complexity index is 1550. The van der Waals surface area contributed by atoms with Crippen LogP contribution in [0.25, 0.3) is 16.1 Å². The maximum absolute atomic E-state index is 12.3. The predicted molar refractivity (Wildman–Crippen MR) is 146 cm³/mol. The number of methoxy groups -OCH3 is 1. The zero-order valence-corrected chi connectivity index (χ0v) is 22.3. The molecule has 7 nitrogen and oxygen atoms in total. The first-order valence-electron chi connectivity index (χ1n) is 12.5. The molecule has 2 aliphatic rings. The summed E-state index contributed by atoms with van der Waals surface area (Å²) in [7, 11) is 1.40. The number of benzene rings is 2. The average Bonchev–Trinajstić information content (AvgIpc) is 3.40. The smallest absolute Gasteiger partial charge is 0.308 e. The highest BCUT2D eigenvalue weighted by Gasteiger charge is 2.32. The van der Waals surface area contributed by atoms with Crippen molar-refractivity contribution < 1.29 is 9.53 Å². The number of aliphatic imine (C=N–C) groups is 1. The number of fused-ring (bicyclic) bond motifs is 4. The Balaban J connectivity index is 1.46. The molecule has 0 spiro atoms. The molecule has 0 radical (unpaired) electrons. The van der Waals surface area contributed by atoms with Crippen LogP contribution in [-0.4, -0.2) is 40.1 Å². The van der Waals surface area contributed by atoms with Crippen LogP contribution in [0.15, 0.2) is 47.5 Å². The summed E-state index contributed by atoms with van der Waals surface area (Å²) in [4.78, 5) is 18.7. The number of rotatable bonds is 4. The lowest BCUT2D eigenvalue weighted by molar-refractivity contribution is -0.141. The van der Waals surface area contributed by atoms with Crippen molar-refractivity contribution in [2.75, 3.05) is 13.7 Å². The van der Waals surface area contributed by atoms with Crippen LogP contribution in [0.2, 0.25) is 0 Å². The highest BCUT2D eigenvalue weighted by atomic mass is 32.1. The summed E-state index contributed by atoms with van der Waals surface area (Å²) in [6.45, 7) is 8.17. The molecule has 0 bridgehead atoms. The van der Waals surface area contributed by atoms with Crippen LogP contribution in [0.1, 0.15) is 56.8 Å². The van der Waals surface area contributed by atoms with Gasteiger partial charge in [0, 0.05) is 22.5 Å². The van der Waals surface area contributed by atoms with Gasteiger partial charge in [-0.25, -0.2) is 0 Å². The first-order chi connectivity index (χ1) is 17.9. The van der Waals surface area contributed by atoms with Gasteiger partial charge in [0.1, 0.15) is 16.9 Å². The summed E-state index contributed by atoms with van der Waals surface area (Å²) in [5.41, 5.74) is 9.36. The molecular formula is C29H29N5O2S. The van der Waals surface area contributed by atoms with E-state index in [9.17, 15) is 4.79 Å². The van der Waals surface area contributed by atoms with Crippen molar-refractivity contribution in [1.29, 1.82) is 0 Å². The molecule has 0 saturated heterocycles. The van der Waals surface area contributed by atoms with Gasteiger partial charge in [-0.3, -0.25) is 14.4 Å². The van der Waals surface area contributed by atoms with Gasteiger partial charge in [-0.05, 0) is 61.6 Å². The fourth-order valence-electron chi connectivity index (χ4n) is 5.24. The van der Waals surface area contributed by atoms with Crippen molar-refractivity contribution in [2.45, 2.75) is 46.2 Å². The monoisotopic (exact) mass is 511 g/mol. The second-order valence-corrected chi connectivity index (χ2v) is 10.9. The number of hydrogen-bond acceptors (Lipinski definition) is 7. The molecule has 0 amide bonds. The van der Waals surface area contributed by atoms with E-state index in [-0.39, 0.29) is 12.4 Å². The number of nitrogens with zero attached hydrogens (tertiary/aromatic N) is 4. The Labute approximate surface area is 220 Å². The number of hydrogen-bond donors (Lipinski definition) is 1. The van der Waals surface area contributed by atoms with E-state index in [0.717, 1.165) is 47.2 Å². The molecule has 8 heteroatoms. The highest BCUT2D eigenvalue weighted by molar-refractivity contribution is 7.15. The van der Waals surface area contributed by atoms with Crippen LogP contribution >= 0.6 is 11.3 Å². The first kappa shape index (κ1) is 23.8. The van der Waals surface area contributed by atoms with E-state index < -0.39 is 6.04 Å². The van der Waals surface area contributed by atoms with E-state index >= 15 is 0 Å². The maximum atomic E-state index is 12.3. The number of ether oxygens (including phenoxy) is 1. The molecule has 2 aromatic carbocycles. The molecule has 0 saturated carbocycles. The number of aryl methyl sites for hydroxylation is 2. The molecule has 2 aromatic heterocycles. The summed E-state index contributed by atoms with van der Waals surface area (Å²) in [6, 6.07) is 14.9. The van der Waals surface area contributed by atoms with E-state index in [1.54, 1.807) is 11.3 Å². The number of carbonyl (C=O) groups excluding carboxylic acids is 1. The number of thiophene rings is 1.